The number of pyridine rings is 2. The minimum Gasteiger partial charge on any atom is -0.378 e. The topological polar surface area (TPSA) is 221 Å². The molecule has 0 atom stereocenters. The Kier molecular flexibility index (Phi) is 18.0. The maximum atomic E-state index is 13.3. The summed E-state index contributed by atoms with van der Waals surface area (Å²) in [6.07, 6.45) is 8.49. The molecule has 20 heteroatoms. The highest BCUT2D eigenvalue weighted by Gasteiger charge is 2.23. The first kappa shape index (κ1) is 53.9. The fourth-order valence-electron chi connectivity index (χ4n) is 9.33. The Morgan fingerprint density at radius 2 is 0.792 bits per heavy atom. The number of morpholine rings is 2. The highest BCUT2D eigenvalue weighted by atomic mass is 35.5. The third kappa shape index (κ3) is 14.1. The second-order valence-electron chi connectivity index (χ2n) is 18.8. The van der Waals surface area contributed by atoms with Gasteiger partial charge in [-0.2, -0.15) is 0 Å². The second-order valence-corrected chi connectivity index (χ2v) is 19.7. The number of nitrogens with zero attached hydrogens (tertiary/aromatic N) is 6. The van der Waals surface area contributed by atoms with Gasteiger partial charge in [0, 0.05) is 98.4 Å². The van der Waals surface area contributed by atoms with Crippen molar-refractivity contribution in [3.8, 4) is 0 Å². The highest BCUT2D eigenvalue weighted by Crippen LogP contribution is 2.29. The van der Waals surface area contributed by atoms with Crippen molar-refractivity contribution in [2.24, 2.45) is 0 Å². The predicted molar refractivity (Wildman–Crippen MR) is 302 cm³/mol. The van der Waals surface area contributed by atoms with Gasteiger partial charge in [-0.3, -0.25) is 30.0 Å². The molecule has 2 aromatic heterocycles. The van der Waals surface area contributed by atoms with Crippen molar-refractivity contribution in [2.45, 2.75) is 32.1 Å². The molecule has 6 N–H and O–H groups in total. The van der Waals surface area contributed by atoms with E-state index >= 15 is 0 Å². The zero-order valence-electron chi connectivity index (χ0n) is 42.5. The number of piperidine rings is 1. The third-order valence-corrected chi connectivity index (χ3v) is 14.1. The molecule has 0 aliphatic carbocycles. The molecule has 398 valence electrons. The molecular formula is C57H60Cl2N12O6. The van der Waals surface area contributed by atoms with E-state index in [1.807, 2.05) is 17.0 Å². The van der Waals surface area contributed by atoms with E-state index in [0.29, 0.717) is 120 Å². The molecule has 0 saturated carbocycles. The molecule has 4 aliphatic heterocycles. The van der Waals surface area contributed by atoms with E-state index in [4.69, 9.17) is 43.5 Å². The number of nitrogens with one attached hydrogen (secondary N) is 6. The Morgan fingerprint density at radius 1 is 0.429 bits per heavy atom. The van der Waals surface area contributed by atoms with Gasteiger partial charge in [-0.15, -0.1) is 0 Å². The number of amidine groups is 2. The fraction of sp³-hybridized carbons (Fsp3) is 0.298. The molecule has 10 rings (SSSR count). The lowest BCUT2D eigenvalue weighted by atomic mass is 10.1. The van der Waals surface area contributed by atoms with Crippen molar-refractivity contribution in [3.63, 3.8) is 0 Å². The summed E-state index contributed by atoms with van der Waals surface area (Å²) in [6, 6.07) is 31.3. The largest absolute Gasteiger partial charge is 0.378 e. The first-order chi connectivity index (χ1) is 37.4. The molecule has 18 nitrogen and oxygen atoms in total. The van der Waals surface area contributed by atoms with Crippen molar-refractivity contribution in [1.29, 1.82) is 10.8 Å². The fourth-order valence-corrected chi connectivity index (χ4v) is 9.56. The number of carbonyl (C=O) groups excluding carboxylic acids is 4. The van der Waals surface area contributed by atoms with Crippen LogP contribution in [0.25, 0.3) is 0 Å². The lowest BCUT2D eigenvalue weighted by Crippen LogP contribution is -2.36. The number of rotatable bonds is 12. The zero-order valence-corrected chi connectivity index (χ0v) is 44.0. The van der Waals surface area contributed by atoms with E-state index in [9.17, 15) is 19.2 Å². The second kappa shape index (κ2) is 25.8. The van der Waals surface area contributed by atoms with Crippen LogP contribution in [0.1, 0.15) is 84.7 Å². The van der Waals surface area contributed by atoms with Gasteiger partial charge in [-0.1, -0.05) is 47.5 Å². The standard InChI is InChI=1S/C29H31ClN6O3.C28H29ClN6O3/c30-22-8-11-26(32-19-22)34-29(38)24-18-23(35-14-16-39-17-15-35)9-10-25(24)33-28(37)21-6-4-20(5-7-21)27(31)36-12-2-1-3-13-36;29-21-7-10-25(31-18-21)33-28(37)23-17-22(34-13-15-38-16-14-34)8-9-24(23)32-27(36)20-5-3-19(4-6-20)26(30)35-11-1-2-12-35/h4-11,18-19,31H,1-3,12-17H2,(H,33,37)(H,32,34,38);3-10,17-18,30H,1-2,11-16H2,(H,32,36)(H,31,33,37). The van der Waals surface area contributed by atoms with Crippen LogP contribution in [-0.4, -0.2) is 134 Å². The van der Waals surface area contributed by atoms with Crippen LogP contribution in [0.5, 0.6) is 0 Å². The van der Waals surface area contributed by atoms with Gasteiger partial charge in [0.1, 0.15) is 23.3 Å². The Hall–Kier alpha value is -7.90. The number of amides is 4. The zero-order chi connectivity index (χ0) is 53.7. The number of hydrogen-bond acceptors (Lipinski definition) is 12. The van der Waals surface area contributed by atoms with Crippen LogP contribution < -0.4 is 31.1 Å². The Balaban J connectivity index is 0.000000188. The van der Waals surface area contributed by atoms with E-state index in [0.717, 1.165) is 74.4 Å². The van der Waals surface area contributed by atoms with Crippen molar-refractivity contribution in [3.05, 3.63) is 165 Å². The molecule has 4 aromatic carbocycles. The summed E-state index contributed by atoms with van der Waals surface area (Å²) in [7, 11) is 0. The summed E-state index contributed by atoms with van der Waals surface area (Å²) < 4.78 is 10.9. The minimum atomic E-state index is -0.403. The van der Waals surface area contributed by atoms with Crippen LogP contribution in [0, 0.1) is 10.8 Å². The van der Waals surface area contributed by atoms with Crippen LogP contribution in [0.15, 0.2) is 122 Å². The normalized spacial score (nSPS) is 15.4. The van der Waals surface area contributed by atoms with E-state index < -0.39 is 11.8 Å². The van der Waals surface area contributed by atoms with E-state index in [-0.39, 0.29) is 11.8 Å². The summed E-state index contributed by atoms with van der Waals surface area (Å²) >= 11 is 11.8. The summed E-state index contributed by atoms with van der Waals surface area (Å²) in [4.78, 5) is 69.7. The Morgan fingerprint density at radius 3 is 1.16 bits per heavy atom. The van der Waals surface area contributed by atoms with Gasteiger partial charge < -0.3 is 50.3 Å². The average Bonchev–Trinajstić information content (AvgIpc) is 4.03. The van der Waals surface area contributed by atoms with E-state index in [1.165, 1.54) is 18.8 Å². The lowest BCUT2D eigenvalue weighted by molar-refractivity contribution is 0.101. The summed E-state index contributed by atoms with van der Waals surface area (Å²) in [5, 5.41) is 29.2. The minimum absolute atomic E-state index is 0.312. The highest BCUT2D eigenvalue weighted by molar-refractivity contribution is 6.30. The SMILES string of the molecule is N=C(c1ccc(C(=O)Nc2ccc(N3CCOCC3)cc2C(=O)Nc2ccc(Cl)cn2)cc1)N1CCCC1.N=C(c1ccc(C(=O)Nc2ccc(N3CCOCC3)cc2C(=O)Nc2ccc(Cl)cn2)cc1)N1CCCCC1. The summed E-state index contributed by atoms with van der Waals surface area (Å²) in [5.41, 5.74) is 5.54. The van der Waals surface area contributed by atoms with Gasteiger partial charge >= 0.3 is 0 Å². The number of likely N-dealkylation sites (tertiary alicyclic amines) is 2. The smallest absolute Gasteiger partial charge is 0.259 e. The molecule has 4 aliphatic rings. The number of carbonyl (C=O) groups is 4. The Labute approximate surface area is 457 Å². The van der Waals surface area contributed by atoms with Gasteiger partial charge in [0.25, 0.3) is 23.6 Å². The van der Waals surface area contributed by atoms with Crippen LogP contribution >= 0.6 is 23.2 Å². The average molecular weight is 1080 g/mol. The van der Waals surface area contributed by atoms with Crippen LogP contribution in [-0.2, 0) is 9.47 Å². The molecule has 6 heterocycles. The van der Waals surface area contributed by atoms with Crippen LogP contribution in [0.2, 0.25) is 10.0 Å². The first-order valence-electron chi connectivity index (χ1n) is 25.8. The quantitative estimate of drug-likeness (QED) is 0.0499. The maximum absolute atomic E-state index is 13.3. The molecule has 4 amide bonds. The van der Waals surface area contributed by atoms with Gasteiger partial charge in [0.15, 0.2) is 0 Å². The number of ether oxygens (including phenoxy) is 2. The monoisotopic (exact) mass is 1080 g/mol. The summed E-state index contributed by atoms with van der Waals surface area (Å²) in [5.74, 6) is 0.166. The van der Waals surface area contributed by atoms with Crippen LogP contribution in [0.3, 0.4) is 0 Å². The molecular weight excluding hydrogens is 1020 g/mol. The van der Waals surface area contributed by atoms with Crippen molar-refractivity contribution in [1.82, 2.24) is 19.8 Å². The molecule has 4 saturated heterocycles. The number of aromatic nitrogens is 2. The maximum Gasteiger partial charge on any atom is 0.259 e. The lowest BCUT2D eigenvalue weighted by Gasteiger charge is -2.29. The number of hydrogen-bond donors (Lipinski definition) is 6. The van der Waals surface area contributed by atoms with Gasteiger partial charge in [0.2, 0.25) is 0 Å². The third-order valence-electron chi connectivity index (χ3n) is 13.6. The van der Waals surface area contributed by atoms with Gasteiger partial charge in [0.05, 0.1) is 59.0 Å². The predicted octanol–water partition coefficient (Wildman–Crippen LogP) is 9.38. The number of halogens is 2. The molecule has 0 spiro atoms. The van der Waals surface area contributed by atoms with Crippen LogP contribution in [0.4, 0.5) is 34.4 Å². The van der Waals surface area contributed by atoms with Crippen molar-refractivity contribution >= 4 is 92.9 Å². The first-order valence-corrected chi connectivity index (χ1v) is 26.5. The van der Waals surface area contributed by atoms with E-state index in [1.54, 1.807) is 97.1 Å². The number of anilines is 6. The molecule has 0 unspecified atom stereocenters. The molecule has 6 aromatic rings. The van der Waals surface area contributed by atoms with E-state index in [2.05, 4.69) is 45.9 Å². The molecule has 4 fully saturated rings. The van der Waals surface area contributed by atoms with Gasteiger partial charge in [-0.05, 0) is 117 Å². The van der Waals surface area contributed by atoms with Crippen molar-refractivity contribution < 1.29 is 28.7 Å². The Bertz CT molecular complexity index is 3070. The summed E-state index contributed by atoms with van der Waals surface area (Å²) in [6.45, 7) is 8.84. The number of benzene rings is 4. The molecule has 77 heavy (non-hydrogen) atoms. The van der Waals surface area contributed by atoms with Gasteiger partial charge in [-0.25, -0.2) is 9.97 Å². The van der Waals surface area contributed by atoms with Crippen molar-refractivity contribution in [2.75, 3.05) is 110 Å². The molecule has 0 radical (unpaired) electrons. The molecule has 0 bridgehead atoms.